The van der Waals surface area contributed by atoms with E-state index in [1.54, 1.807) is 0 Å². The fraction of sp³-hybridized carbons (Fsp3) is 0.333. The first-order valence-corrected chi connectivity index (χ1v) is 5.37. The van der Waals surface area contributed by atoms with E-state index in [-0.39, 0.29) is 6.04 Å². The summed E-state index contributed by atoms with van der Waals surface area (Å²) in [5.41, 5.74) is 6.92. The van der Waals surface area contributed by atoms with Gasteiger partial charge in [0.15, 0.2) is 5.82 Å². The second-order valence-electron chi connectivity index (χ2n) is 3.82. The van der Waals surface area contributed by atoms with Crippen LogP contribution in [0.5, 0.6) is 0 Å². The number of benzene rings is 1. The highest BCUT2D eigenvalue weighted by Gasteiger charge is 2.09. The first kappa shape index (κ1) is 10.8. The number of aryl methyl sites for hydroxylation is 2. The average molecular weight is 217 g/mol. The summed E-state index contributed by atoms with van der Waals surface area (Å²) in [6, 6.07) is 10.1. The summed E-state index contributed by atoms with van der Waals surface area (Å²) in [6.45, 7) is 1.84. The molecule has 0 radical (unpaired) electrons. The van der Waals surface area contributed by atoms with Crippen molar-refractivity contribution in [2.75, 3.05) is 0 Å². The molecule has 4 heteroatoms. The van der Waals surface area contributed by atoms with Crippen LogP contribution in [0, 0.1) is 0 Å². The summed E-state index contributed by atoms with van der Waals surface area (Å²) in [4.78, 5) is 4.22. The van der Waals surface area contributed by atoms with Crippen molar-refractivity contribution in [3.63, 3.8) is 0 Å². The van der Waals surface area contributed by atoms with Crippen LogP contribution in [0.2, 0.25) is 0 Å². The van der Waals surface area contributed by atoms with E-state index in [0.29, 0.717) is 11.7 Å². The molecule has 0 spiro atoms. The standard InChI is InChI=1S/C12H15N3O/c1-9(13)12-14-11(16-15-12)8-7-10-5-3-2-4-6-10/h2-6,9H,7-8,13H2,1H3. The van der Waals surface area contributed by atoms with E-state index in [9.17, 15) is 0 Å². The highest BCUT2D eigenvalue weighted by Crippen LogP contribution is 2.08. The molecule has 0 aliphatic rings. The highest BCUT2D eigenvalue weighted by atomic mass is 16.5. The van der Waals surface area contributed by atoms with Crippen molar-refractivity contribution in [3.8, 4) is 0 Å². The van der Waals surface area contributed by atoms with Crippen LogP contribution in [0.15, 0.2) is 34.9 Å². The van der Waals surface area contributed by atoms with E-state index in [1.165, 1.54) is 5.56 Å². The van der Waals surface area contributed by atoms with Gasteiger partial charge in [-0.25, -0.2) is 0 Å². The van der Waals surface area contributed by atoms with Crippen molar-refractivity contribution < 1.29 is 4.52 Å². The van der Waals surface area contributed by atoms with Gasteiger partial charge in [0.2, 0.25) is 5.89 Å². The minimum Gasteiger partial charge on any atom is -0.339 e. The van der Waals surface area contributed by atoms with Gasteiger partial charge in [0.1, 0.15) is 0 Å². The van der Waals surface area contributed by atoms with Crippen molar-refractivity contribution in [2.45, 2.75) is 25.8 Å². The molecule has 2 rings (SSSR count). The lowest BCUT2D eigenvalue weighted by atomic mass is 10.1. The van der Waals surface area contributed by atoms with Gasteiger partial charge in [0.25, 0.3) is 0 Å². The molecule has 2 N–H and O–H groups in total. The van der Waals surface area contributed by atoms with E-state index in [1.807, 2.05) is 25.1 Å². The molecule has 1 aromatic carbocycles. The Hall–Kier alpha value is -1.68. The zero-order chi connectivity index (χ0) is 11.4. The minimum absolute atomic E-state index is 0.172. The summed E-state index contributed by atoms with van der Waals surface area (Å²) in [5.74, 6) is 1.22. The minimum atomic E-state index is -0.172. The first-order chi connectivity index (χ1) is 7.75. The average Bonchev–Trinajstić information content (AvgIpc) is 2.76. The maximum atomic E-state index is 5.65. The Morgan fingerprint density at radius 3 is 2.62 bits per heavy atom. The smallest absolute Gasteiger partial charge is 0.227 e. The SMILES string of the molecule is CC(N)c1noc(CCc2ccccc2)n1. The second-order valence-corrected chi connectivity index (χ2v) is 3.82. The van der Waals surface area contributed by atoms with Crippen molar-refractivity contribution in [1.29, 1.82) is 0 Å². The lowest BCUT2D eigenvalue weighted by molar-refractivity contribution is 0.370. The Labute approximate surface area is 94.5 Å². The van der Waals surface area contributed by atoms with Gasteiger partial charge in [-0.2, -0.15) is 4.98 Å². The van der Waals surface area contributed by atoms with Crippen molar-refractivity contribution in [1.82, 2.24) is 10.1 Å². The molecule has 0 aliphatic heterocycles. The van der Waals surface area contributed by atoms with E-state index >= 15 is 0 Å². The third kappa shape index (κ3) is 2.67. The normalized spacial score (nSPS) is 12.6. The van der Waals surface area contributed by atoms with Crippen LogP contribution < -0.4 is 5.73 Å². The molecular formula is C12H15N3O. The molecule has 4 nitrogen and oxygen atoms in total. The number of rotatable bonds is 4. The largest absolute Gasteiger partial charge is 0.339 e. The van der Waals surface area contributed by atoms with Gasteiger partial charge < -0.3 is 10.3 Å². The van der Waals surface area contributed by atoms with Crippen molar-refractivity contribution in [3.05, 3.63) is 47.6 Å². The number of nitrogens with zero attached hydrogens (tertiary/aromatic N) is 2. The summed E-state index contributed by atoms with van der Waals surface area (Å²) in [6.07, 6.45) is 1.66. The molecule has 0 saturated carbocycles. The zero-order valence-electron chi connectivity index (χ0n) is 9.26. The van der Waals surface area contributed by atoms with Gasteiger partial charge in [-0.3, -0.25) is 0 Å². The van der Waals surface area contributed by atoms with Crippen molar-refractivity contribution in [2.24, 2.45) is 5.73 Å². The van der Waals surface area contributed by atoms with Crippen LogP contribution in [0.25, 0.3) is 0 Å². The van der Waals surface area contributed by atoms with Gasteiger partial charge in [-0.1, -0.05) is 35.5 Å². The quantitative estimate of drug-likeness (QED) is 0.849. The number of aromatic nitrogens is 2. The van der Waals surface area contributed by atoms with Crippen LogP contribution in [0.4, 0.5) is 0 Å². The Kier molecular flexibility index (Phi) is 3.31. The van der Waals surface area contributed by atoms with Gasteiger partial charge in [0, 0.05) is 6.42 Å². The fourth-order valence-corrected chi connectivity index (χ4v) is 1.45. The molecule has 1 unspecified atom stereocenters. The predicted octanol–water partition coefficient (Wildman–Crippen LogP) is 1.87. The predicted molar refractivity (Wildman–Crippen MR) is 60.8 cm³/mol. The number of hydrogen-bond acceptors (Lipinski definition) is 4. The van der Waals surface area contributed by atoms with Crippen molar-refractivity contribution >= 4 is 0 Å². The van der Waals surface area contributed by atoms with Gasteiger partial charge in [-0.05, 0) is 18.9 Å². The third-order valence-electron chi connectivity index (χ3n) is 2.36. The lowest BCUT2D eigenvalue weighted by Gasteiger charge is -1.96. The lowest BCUT2D eigenvalue weighted by Crippen LogP contribution is -2.06. The fourth-order valence-electron chi connectivity index (χ4n) is 1.45. The number of hydrogen-bond donors (Lipinski definition) is 1. The molecule has 0 saturated heterocycles. The molecule has 0 amide bonds. The van der Waals surface area contributed by atoms with Crippen LogP contribution in [-0.2, 0) is 12.8 Å². The van der Waals surface area contributed by atoms with Crippen LogP contribution in [0.3, 0.4) is 0 Å². The molecule has 1 atom stereocenters. The Balaban J connectivity index is 1.95. The van der Waals surface area contributed by atoms with Gasteiger partial charge >= 0.3 is 0 Å². The summed E-state index contributed by atoms with van der Waals surface area (Å²) < 4.78 is 5.11. The Morgan fingerprint density at radius 1 is 1.25 bits per heavy atom. The van der Waals surface area contributed by atoms with Crippen LogP contribution in [-0.4, -0.2) is 10.1 Å². The molecule has 0 aliphatic carbocycles. The molecule has 84 valence electrons. The second kappa shape index (κ2) is 4.90. The van der Waals surface area contributed by atoms with Gasteiger partial charge in [0.05, 0.1) is 6.04 Å². The van der Waals surface area contributed by atoms with Crippen LogP contribution in [0.1, 0.15) is 30.2 Å². The first-order valence-electron chi connectivity index (χ1n) is 5.37. The van der Waals surface area contributed by atoms with E-state index in [0.717, 1.165) is 12.8 Å². The van der Waals surface area contributed by atoms with Crippen LogP contribution >= 0.6 is 0 Å². The zero-order valence-corrected chi connectivity index (χ0v) is 9.26. The maximum absolute atomic E-state index is 5.65. The Morgan fingerprint density at radius 2 is 2.00 bits per heavy atom. The summed E-state index contributed by atoms with van der Waals surface area (Å²) >= 11 is 0. The molecule has 0 fully saturated rings. The molecule has 1 aromatic heterocycles. The molecule has 16 heavy (non-hydrogen) atoms. The third-order valence-corrected chi connectivity index (χ3v) is 2.36. The Bertz CT molecular complexity index is 437. The monoisotopic (exact) mass is 217 g/mol. The molecule has 0 bridgehead atoms. The van der Waals surface area contributed by atoms with E-state index in [2.05, 4.69) is 22.3 Å². The molecule has 2 aromatic rings. The highest BCUT2D eigenvalue weighted by molar-refractivity contribution is 5.15. The van der Waals surface area contributed by atoms with E-state index in [4.69, 9.17) is 10.3 Å². The number of nitrogens with two attached hydrogens (primary N) is 1. The topological polar surface area (TPSA) is 64.9 Å². The molecule has 1 heterocycles. The molecular weight excluding hydrogens is 202 g/mol. The summed E-state index contributed by atoms with van der Waals surface area (Å²) in [5, 5.41) is 3.82. The summed E-state index contributed by atoms with van der Waals surface area (Å²) in [7, 11) is 0. The maximum Gasteiger partial charge on any atom is 0.227 e. The van der Waals surface area contributed by atoms with E-state index < -0.39 is 0 Å². The van der Waals surface area contributed by atoms with Gasteiger partial charge in [-0.15, -0.1) is 0 Å².